The van der Waals surface area contributed by atoms with E-state index in [9.17, 15) is 0 Å². The minimum Gasteiger partial charge on any atom is -0.444 e. The topological polar surface area (TPSA) is 46.0 Å². The van der Waals surface area contributed by atoms with Gasteiger partial charge in [0.15, 0.2) is 5.06 Å². The molecule has 0 aliphatic heterocycles. The lowest BCUT2D eigenvalue weighted by Crippen LogP contribution is -2.03. The standard InChI is InChI=1S/C17H16N2OS2/c1-3-14-12-7-6-11(9-18)16(21)15(12)17(22-14)20-13-5-4-8-19-10(13)2/h3-5,8-9,18,21H,1,6-7H2,2H3. The number of ether oxygens (including phenoxy) is 1. The van der Waals surface area contributed by atoms with Gasteiger partial charge in [-0.25, -0.2) is 0 Å². The largest absolute Gasteiger partial charge is 0.444 e. The van der Waals surface area contributed by atoms with Crippen LogP contribution in [0.25, 0.3) is 11.0 Å². The van der Waals surface area contributed by atoms with Gasteiger partial charge in [-0.05, 0) is 43.0 Å². The lowest BCUT2D eigenvalue weighted by atomic mass is 9.93. The average Bonchev–Trinajstić information content (AvgIpc) is 2.88. The molecule has 0 radical (unpaired) electrons. The van der Waals surface area contributed by atoms with Crippen LogP contribution in [0, 0.1) is 12.3 Å². The molecule has 0 atom stereocenters. The predicted octanol–water partition coefficient (Wildman–Crippen LogP) is 5.12. The van der Waals surface area contributed by atoms with Gasteiger partial charge in [-0.15, -0.1) is 12.6 Å². The Morgan fingerprint density at radius 1 is 1.45 bits per heavy atom. The summed E-state index contributed by atoms with van der Waals surface area (Å²) in [5, 5.41) is 8.34. The first kappa shape index (κ1) is 15.1. The maximum atomic E-state index is 7.55. The van der Waals surface area contributed by atoms with Crippen LogP contribution in [0.15, 0.2) is 30.5 Å². The fourth-order valence-electron chi connectivity index (χ4n) is 2.54. The molecular weight excluding hydrogens is 312 g/mol. The monoisotopic (exact) mass is 328 g/mol. The Morgan fingerprint density at radius 3 is 2.95 bits per heavy atom. The lowest BCUT2D eigenvalue weighted by molar-refractivity contribution is 0.487. The highest BCUT2D eigenvalue weighted by atomic mass is 32.1. The van der Waals surface area contributed by atoms with Gasteiger partial charge in [0.25, 0.3) is 0 Å². The summed E-state index contributed by atoms with van der Waals surface area (Å²) in [6.07, 6.45) is 6.71. The summed E-state index contributed by atoms with van der Waals surface area (Å²) in [6.45, 7) is 5.82. The number of nitrogens with zero attached hydrogens (tertiary/aromatic N) is 1. The first-order valence-corrected chi connectivity index (χ1v) is 8.22. The molecule has 0 fully saturated rings. The molecule has 1 aliphatic rings. The number of rotatable bonds is 4. The Hall–Kier alpha value is -1.85. The van der Waals surface area contributed by atoms with Crippen LogP contribution in [0.2, 0.25) is 0 Å². The first-order chi connectivity index (χ1) is 10.7. The second-order valence-electron chi connectivity index (χ2n) is 5.02. The van der Waals surface area contributed by atoms with Crippen LogP contribution < -0.4 is 4.74 Å². The highest BCUT2D eigenvalue weighted by molar-refractivity contribution is 7.90. The maximum absolute atomic E-state index is 7.55. The van der Waals surface area contributed by atoms with Crippen molar-refractivity contribution in [3.05, 3.63) is 52.2 Å². The minimum absolute atomic E-state index is 0.741. The average molecular weight is 328 g/mol. The molecule has 0 amide bonds. The molecule has 3 rings (SSSR count). The fraction of sp³-hybridized carbons (Fsp3) is 0.176. The van der Waals surface area contributed by atoms with Crippen molar-refractivity contribution in [1.29, 1.82) is 5.41 Å². The summed E-state index contributed by atoms with van der Waals surface area (Å²) in [5.41, 5.74) is 4.00. The van der Waals surface area contributed by atoms with E-state index in [1.54, 1.807) is 17.5 Å². The smallest absolute Gasteiger partial charge is 0.190 e. The number of aryl methyl sites for hydroxylation is 1. The third-order valence-electron chi connectivity index (χ3n) is 3.71. The Kier molecular flexibility index (Phi) is 4.18. The summed E-state index contributed by atoms with van der Waals surface area (Å²) in [7, 11) is 0. The van der Waals surface area contributed by atoms with E-state index in [1.165, 1.54) is 11.8 Å². The summed E-state index contributed by atoms with van der Waals surface area (Å²) >= 11 is 6.20. The molecule has 1 N–H and O–H groups in total. The molecular formula is C17H16N2OS2. The van der Waals surface area contributed by atoms with Crippen molar-refractivity contribution < 1.29 is 4.74 Å². The van der Waals surface area contributed by atoms with Crippen molar-refractivity contribution >= 4 is 41.2 Å². The van der Waals surface area contributed by atoms with Crippen LogP contribution in [0.1, 0.15) is 28.1 Å². The van der Waals surface area contributed by atoms with E-state index < -0.39 is 0 Å². The summed E-state index contributed by atoms with van der Waals surface area (Å²) < 4.78 is 6.10. The molecule has 0 bridgehead atoms. The van der Waals surface area contributed by atoms with Gasteiger partial charge in [-0.2, -0.15) is 0 Å². The highest BCUT2D eigenvalue weighted by Gasteiger charge is 2.25. The normalized spacial score (nSPS) is 13.7. The number of allylic oxidation sites excluding steroid dienone is 1. The third-order valence-corrected chi connectivity index (χ3v) is 5.33. The van der Waals surface area contributed by atoms with Gasteiger partial charge < -0.3 is 10.1 Å². The number of aromatic nitrogens is 1. The number of hydrogen-bond acceptors (Lipinski definition) is 5. The summed E-state index contributed by atoms with van der Waals surface area (Å²) in [6, 6.07) is 3.77. The number of nitrogens with one attached hydrogen (secondary N) is 1. The van der Waals surface area contributed by atoms with Crippen molar-refractivity contribution in [2.75, 3.05) is 0 Å². The van der Waals surface area contributed by atoms with Gasteiger partial charge in [0.2, 0.25) is 0 Å². The predicted molar refractivity (Wildman–Crippen MR) is 96.5 cm³/mol. The zero-order valence-electron chi connectivity index (χ0n) is 12.2. The van der Waals surface area contributed by atoms with E-state index in [2.05, 4.69) is 24.2 Å². The zero-order chi connectivity index (χ0) is 15.7. The summed E-state index contributed by atoms with van der Waals surface area (Å²) in [4.78, 5) is 6.20. The van der Waals surface area contributed by atoms with Crippen molar-refractivity contribution in [1.82, 2.24) is 4.98 Å². The molecule has 22 heavy (non-hydrogen) atoms. The van der Waals surface area contributed by atoms with Gasteiger partial charge in [0, 0.05) is 27.8 Å². The highest BCUT2D eigenvalue weighted by Crippen LogP contribution is 2.48. The molecule has 112 valence electrons. The van der Waals surface area contributed by atoms with Crippen LogP contribution >= 0.6 is 24.0 Å². The molecule has 2 aromatic rings. The van der Waals surface area contributed by atoms with E-state index in [0.29, 0.717) is 0 Å². The van der Waals surface area contributed by atoms with Gasteiger partial charge in [-0.3, -0.25) is 4.98 Å². The fourth-order valence-corrected chi connectivity index (χ4v) is 4.10. The SMILES string of the molecule is C=Cc1sc(Oc2cccnc2C)c2c1CCC(C=N)=C2S. The van der Waals surface area contributed by atoms with Gasteiger partial charge >= 0.3 is 0 Å². The van der Waals surface area contributed by atoms with Crippen LogP contribution in [0.3, 0.4) is 0 Å². The first-order valence-electron chi connectivity index (χ1n) is 6.96. The van der Waals surface area contributed by atoms with Crippen LogP contribution in [0.5, 0.6) is 10.8 Å². The van der Waals surface area contributed by atoms with E-state index >= 15 is 0 Å². The number of thiol groups is 1. The molecule has 2 heterocycles. The lowest BCUT2D eigenvalue weighted by Gasteiger charge is -2.17. The maximum Gasteiger partial charge on any atom is 0.190 e. The molecule has 0 unspecified atom stereocenters. The quantitative estimate of drug-likeness (QED) is 0.604. The number of thiophene rings is 1. The molecule has 0 aromatic carbocycles. The van der Waals surface area contributed by atoms with E-state index in [1.807, 2.05) is 25.1 Å². The van der Waals surface area contributed by atoms with E-state index in [4.69, 9.17) is 10.1 Å². The Morgan fingerprint density at radius 2 is 2.27 bits per heavy atom. The third kappa shape index (κ3) is 2.51. The molecule has 3 nitrogen and oxygen atoms in total. The van der Waals surface area contributed by atoms with Gasteiger partial charge in [0.1, 0.15) is 5.75 Å². The number of fused-ring (bicyclic) bond motifs is 1. The minimum atomic E-state index is 0.741. The van der Waals surface area contributed by atoms with Crippen molar-refractivity contribution in [3.8, 4) is 10.8 Å². The Bertz CT molecular complexity index is 790. The molecule has 2 aromatic heterocycles. The van der Waals surface area contributed by atoms with Gasteiger partial charge in [0.05, 0.1) is 5.69 Å². The zero-order valence-corrected chi connectivity index (χ0v) is 13.9. The van der Waals surface area contributed by atoms with E-state index in [0.717, 1.165) is 50.3 Å². The number of hydrogen-bond donors (Lipinski definition) is 2. The number of pyridine rings is 1. The molecule has 0 saturated carbocycles. The van der Waals surface area contributed by atoms with Crippen LogP contribution in [-0.2, 0) is 6.42 Å². The van der Waals surface area contributed by atoms with E-state index in [-0.39, 0.29) is 0 Å². The van der Waals surface area contributed by atoms with Crippen molar-refractivity contribution in [2.45, 2.75) is 19.8 Å². The van der Waals surface area contributed by atoms with Crippen LogP contribution in [-0.4, -0.2) is 11.2 Å². The summed E-state index contributed by atoms with van der Waals surface area (Å²) in [5.74, 6) is 0.741. The Balaban J connectivity index is 2.12. The second kappa shape index (κ2) is 6.10. The Labute approximate surface area is 139 Å². The van der Waals surface area contributed by atoms with Gasteiger partial charge in [-0.1, -0.05) is 24.0 Å². The molecule has 0 saturated heterocycles. The molecule has 0 spiro atoms. The van der Waals surface area contributed by atoms with Crippen molar-refractivity contribution in [3.63, 3.8) is 0 Å². The molecule has 1 aliphatic carbocycles. The second-order valence-corrected chi connectivity index (χ2v) is 6.48. The van der Waals surface area contributed by atoms with Crippen molar-refractivity contribution in [2.24, 2.45) is 0 Å². The van der Waals surface area contributed by atoms with Crippen LogP contribution in [0.4, 0.5) is 0 Å². The molecule has 5 heteroatoms.